The largest absolute Gasteiger partial charge is 0.441 e. The highest BCUT2D eigenvalue weighted by atomic mass is 16.3. The van der Waals surface area contributed by atoms with E-state index >= 15 is 0 Å². The number of hydrogen-bond donors (Lipinski definition) is 0. The van der Waals surface area contributed by atoms with E-state index in [1.807, 2.05) is 28.0 Å². The van der Waals surface area contributed by atoms with Crippen LogP contribution in [0, 0.1) is 5.92 Å². The fourth-order valence-electron chi connectivity index (χ4n) is 4.43. The summed E-state index contributed by atoms with van der Waals surface area (Å²) in [6.45, 7) is 5.52. The number of fused-ring (bicyclic) bond motifs is 1. The highest BCUT2D eigenvalue weighted by Gasteiger charge is 2.26. The van der Waals surface area contributed by atoms with E-state index in [1.165, 1.54) is 0 Å². The van der Waals surface area contributed by atoms with Gasteiger partial charge in [0.2, 0.25) is 5.91 Å². The number of amides is 2. The summed E-state index contributed by atoms with van der Waals surface area (Å²) in [5.74, 6) is 1.74. The Morgan fingerprint density at radius 3 is 2.79 bits per heavy atom. The van der Waals surface area contributed by atoms with Crippen molar-refractivity contribution in [1.29, 1.82) is 0 Å². The molecule has 0 saturated carbocycles. The maximum Gasteiger partial charge on any atom is 0.253 e. The van der Waals surface area contributed by atoms with Crippen LogP contribution in [0.5, 0.6) is 0 Å². The molecule has 0 atom stereocenters. The number of carbonyl (C=O) groups is 2. The third-order valence-corrected chi connectivity index (χ3v) is 6.30. The summed E-state index contributed by atoms with van der Waals surface area (Å²) in [5, 5.41) is 0. The number of aryl methyl sites for hydroxylation is 1. The molecule has 3 heterocycles. The van der Waals surface area contributed by atoms with Gasteiger partial charge in [-0.15, -0.1) is 0 Å². The number of piperidine rings is 1. The van der Waals surface area contributed by atoms with Crippen molar-refractivity contribution >= 4 is 22.9 Å². The average molecular weight is 398 g/mol. The van der Waals surface area contributed by atoms with Crippen LogP contribution in [-0.2, 0) is 11.2 Å². The van der Waals surface area contributed by atoms with Gasteiger partial charge in [-0.2, -0.15) is 0 Å². The second kappa shape index (κ2) is 8.97. The third kappa shape index (κ3) is 4.62. The predicted molar refractivity (Wildman–Crippen MR) is 112 cm³/mol. The Bertz CT molecular complexity index is 867. The number of unbranched alkanes of at least 4 members (excludes halogenated alkanes) is 1. The van der Waals surface area contributed by atoms with Gasteiger partial charge in [-0.1, -0.05) is 13.3 Å². The number of rotatable bonds is 7. The molecule has 1 aromatic carbocycles. The molecule has 156 valence electrons. The molecule has 2 fully saturated rings. The van der Waals surface area contributed by atoms with Crippen molar-refractivity contribution in [3.05, 3.63) is 29.7 Å². The van der Waals surface area contributed by atoms with E-state index in [0.29, 0.717) is 23.8 Å². The lowest BCUT2D eigenvalue weighted by Gasteiger charge is -2.32. The molecule has 0 radical (unpaired) electrons. The van der Waals surface area contributed by atoms with Crippen molar-refractivity contribution in [1.82, 2.24) is 14.8 Å². The van der Waals surface area contributed by atoms with Gasteiger partial charge in [-0.05, 0) is 56.2 Å². The van der Waals surface area contributed by atoms with Crippen LogP contribution in [0.3, 0.4) is 0 Å². The van der Waals surface area contributed by atoms with Crippen LogP contribution in [0.25, 0.3) is 11.1 Å². The standard InChI is InChI=1S/C23H31N3O3/c1-2-3-5-21-24-19-16-18(7-8-20(19)29-21)23(28)26-14-10-17(11-15-26)9-13-25-12-4-6-22(25)27/h7-8,16-17H,2-6,9-15H2,1H3. The van der Waals surface area contributed by atoms with Gasteiger partial charge in [0.1, 0.15) is 5.52 Å². The first-order chi connectivity index (χ1) is 14.1. The molecule has 6 heteroatoms. The number of carbonyl (C=O) groups excluding carboxylic acids is 2. The van der Waals surface area contributed by atoms with Gasteiger partial charge in [0, 0.05) is 44.6 Å². The topological polar surface area (TPSA) is 66.7 Å². The summed E-state index contributed by atoms with van der Waals surface area (Å²) >= 11 is 0. The van der Waals surface area contributed by atoms with E-state index in [1.54, 1.807) is 0 Å². The molecule has 2 saturated heterocycles. The first-order valence-electron chi connectivity index (χ1n) is 11.1. The van der Waals surface area contributed by atoms with Crippen LogP contribution in [0.15, 0.2) is 22.6 Å². The molecule has 2 aromatic rings. The van der Waals surface area contributed by atoms with Crippen molar-refractivity contribution in [3.63, 3.8) is 0 Å². The normalized spacial score (nSPS) is 18.2. The van der Waals surface area contributed by atoms with Crippen LogP contribution >= 0.6 is 0 Å². The predicted octanol–water partition coefficient (Wildman–Crippen LogP) is 4.04. The van der Waals surface area contributed by atoms with Gasteiger partial charge < -0.3 is 14.2 Å². The van der Waals surface area contributed by atoms with Gasteiger partial charge in [-0.3, -0.25) is 9.59 Å². The van der Waals surface area contributed by atoms with Gasteiger partial charge in [0.25, 0.3) is 5.91 Å². The third-order valence-electron chi connectivity index (χ3n) is 6.30. The summed E-state index contributed by atoms with van der Waals surface area (Å²) in [7, 11) is 0. The SMILES string of the molecule is CCCCc1nc2cc(C(=O)N3CCC(CCN4CCCC4=O)CC3)ccc2o1. The molecule has 2 aliphatic heterocycles. The maximum atomic E-state index is 13.0. The lowest BCUT2D eigenvalue weighted by molar-refractivity contribution is -0.127. The monoisotopic (exact) mass is 397 g/mol. The summed E-state index contributed by atoms with van der Waals surface area (Å²) in [5.41, 5.74) is 2.21. The Balaban J connectivity index is 1.31. The Kier molecular flexibility index (Phi) is 6.16. The molecule has 4 rings (SSSR count). The van der Waals surface area contributed by atoms with Gasteiger partial charge in [0.15, 0.2) is 11.5 Å². The number of aromatic nitrogens is 1. The molecule has 2 amide bonds. The Morgan fingerprint density at radius 1 is 1.24 bits per heavy atom. The summed E-state index contributed by atoms with van der Waals surface area (Å²) in [4.78, 5) is 33.2. The number of likely N-dealkylation sites (tertiary alicyclic amines) is 2. The molecule has 0 unspecified atom stereocenters. The van der Waals surface area contributed by atoms with Crippen molar-refractivity contribution in [2.45, 2.75) is 58.3 Å². The van der Waals surface area contributed by atoms with Crippen molar-refractivity contribution < 1.29 is 14.0 Å². The van der Waals surface area contributed by atoms with Crippen LogP contribution in [0.4, 0.5) is 0 Å². The van der Waals surface area contributed by atoms with Gasteiger partial charge in [-0.25, -0.2) is 4.98 Å². The van der Waals surface area contributed by atoms with E-state index in [2.05, 4.69) is 11.9 Å². The minimum Gasteiger partial charge on any atom is -0.441 e. The number of oxazole rings is 1. The van der Waals surface area contributed by atoms with Gasteiger partial charge >= 0.3 is 0 Å². The Labute approximate surface area is 172 Å². The first kappa shape index (κ1) is 19.9. The van der Waals surface area contributed by atoms with Crippen molar-refractivity contribution in [2.24, 2.45) is 5.92 Å². The maximum absolute atomic E-state index is 13.0. The van der Waals surface area contributed by atoms with Crippen LogP contribution in [0.1, 0.15) is 68.1 Å². The van der Waals surface area contributed by atoms with Crippen LogP contribution < -0.4 is 0 Å². The number of benzene rings is 1. The molecule has 29 heavy (non-hydrogen) atoms. The molecule has 0 aliphatic carbocycles. The molecular weight excluding hydrogens is 366 g/mol. The van der Waals surface area contributed by atoms with Crippen molar-refractivity contribution in [2.75, 3.05) is 26.2 Å². The number of hydrogen-bond acceptors (Lipinski definition) is 4. The number of nitrogens with zero attached hydrogens (tertiary/aromatic N) is 3. The zero-order valence-electron chi connectivity index (χ0n) is 17.4. The minimum absolute atomic E-state index is 0.0816. The molecular formula is C23H31N3O3. The minimum atomic E-state index is 0.0816. The smallest absolute Gasteiger partial charge is 0.253 e. The molecule has 1 aromatic heterocycles. The first-order valence-corrected chi connectivity index (χ1v) is 11.1. The van der Waals surface area contributed by atoms with E-state index in [9.17, 15) is 9.59 Å². The second-order valence-electron chi connectivity index (χ2n) is 8.40. The molecule has 0 spiro atoms. The fraction of sp³-hybridized carbons (Fsp3) is 0.609. The van der Waals surface area contributed by atoms with Gasteiger partial charge in [0.05, 0.1) is 0 Å². The average Bonchev–Trinajstić information content (AvgIpc) is 3.35. The van der Waals surface area contributed by atoms with E-state index in [0.717, 1.165) is 88.1 Å². The quantitative estimate of drug-likeness (QED) is 0.707. The highest BCUT2D eigenvalue weighted by Crippen LogP contribution is 2.25. The fourth-order valence-corrected chi connectivity index (χ4v) is 4.43. The zero-order valence-corrected chi connectivity index (χ0v) is 17.4. The molecule has 0 N–H and O–H groups in total. The molecule has 2 aliphatic rings. The van der Waals surface area contributed by atoms with E-state index < -0.39 is 0 Å². The zero-order chi connectivity index (χ0) is 20.2. The molecule has 6 nitrogen and oxygen atoms in total. The summed E-state index contributed by atoms with van der Waals surface area (Å²) in [6, 6.07) is 5.58. The second-order valence-corrected chi connectivity index (χ2v) is 8.40. The highest BCUT2D eigenvalue weighted by molar-refractivity contribution is 5.97. The lowest BCUT2D eigenvalue weighted by atomic mass is 9.93. The molecule has 0 bridgehead atoms. The van der Waals surface area contributed by atoms with Crippen molar-refractivity contribution in [3.8, 4) is 0 Å². The van der Waals surface area contributed by atoms with Crippen LogP contribution in [0.2, 0.25) is 0 Å². The summed E-state index contributed by atoms with van der Waals surface area (Å²) < 4.78 is 5.78. The Hall–Kier alpha value is -2.37. The summed E-state index contributed by atoms with van der Waals surface area (Å²) in [6.07, 6.45) is 7.80. The van der Waals surface area contributed by atoms with E-state index in [-0.39, 0.29) is 5.91 Å². The van der Waals surface area contributed by atoms with E-state index in [4.69, 9.17) is 4.42 Å². The lowest BCUT2D eigenvalue weighted by Crippen LogP contribution is -2.39. The van der Waals surface area contributed by atoms with Crippen LogP contribution in [-0.4, -0.2) is 52.8 Å². The Morgan fingerprint density at radius 2 is 2.07 bits per heavy atom.